The lowest BCUT2D eigenvalue weighted by atomic mass is 10.0. The van der Waals surface area contributed by atoms with Gasteiger partial charge in [0, 0.05) is 5.57 Å². The normalized spacial score (nSPS) is 17.4. The Labute approximate surface area is 479 Å². The Kier molecular flexibility index (Phi) is 39.9. The van der Waals surface area contributed by atoms with E-state index in [0.29, 0.717) is 63.0 Å². The Morgan fingerprint density at radius 3 is 1.82 bits per heavy atom. The predicted octanol–water partition coefficient (Wildman–Crippen LogP) is 12.8. The molecule has 21 heteroatoms. The van der Waals surface area contributed by atoms with Crippen LogP contribution in [-0.4, -0.2) is 112 Å². The molecule has 0 N–H and O–H groups in total. The summed E-state index contributed by atoms with van der Waals surface area (Å²) in [6, 6.07) is 17.9. The van der Waals surface area contributed by atoms with E-state index in [9.17, 15) is 37.2 Å². The first-order valence-electron chi connectivity index (χ1n) is 25.7. The predicted molar refractivity (Wildman–Crippen MR) is 319 cm³/mol. The number of rotatable bonds is 24. The minimum Gasteiger partial charge on any atom is -0.465 e. The van der Waals surface area contributed by atoms with Crippen molar-refractivity contribution in [2.24, 2.45) is 0 Å². The first-order chi connectivity index (χ1) is 36.4. The summed E-state index contributed by atoms with van der Waals surface area (Å²) in [6.45, 7) is 16.6. The second-order valence-electron chi connectivity index (χ2n) is 17.1. The number of carbonyl (C=O) groups excluding carboxylic acids is 6. The fourth-order valence-corrected chi connectivity index (χ4v) is 13.5. The molecule has 0 aliphatic carbocycles. The van der Waals surface area contributed by atoms with Crippen LogP contribution < -0.4 is 0 Å². The van der Waals surface area contributed by atoms with Crippen molar-refractivity contribution in [3.8, 4) is 0 Å². The first kappa shape index (κ1) is 70.3. The maximum absolute atomic E-state index is 13.2. The largest absolute Gasteiger partial charge is 0.465 e. The molecule has 2 aromatic rings. The molecule has 0 bridgehead atoms. The number of unbranched alkanes of at least 4 members (excludes halogenated alkanes) is 5. The van der Waals surface area contributed by atoms with Crippen LogP contribution in [0.1, 0.15) is 148 Å². The SMILES string of the molecule is C=C1C(=O)OCCCCCCCCOC(=O)C(C)S(=O)(=O)C1c1ccccc1.CCSC(=S)SC(C)C(=O)OCCCCCCCCOC(=O)/C(=C/c1ccccc1)CCC(C)OC=O.CCSC(=S)SC(C)OC=O. The summed E-state index contributed by atoms with van der Waals surface area (Å²) >= 11 is 16.1. The third kappa shape index (κ3) is 31.6. The van der Waals surface area contributed by atoms with E-state index in [1.807, 2.05) is 57.2 Å². The van der Waals surface area contributed by atoms with Gasteiger partial charge in [0.2, 0.25) is 0 Å². The molecular formula is C55H78O14S7. The average Bonchev–Trinajstić information content (AvgIpc) is 3.39. The van der Waals surface area contributed by atoms with E-state index < -0.39 is 32.3 Å². The van der Waals surface area contributed by atoms with Crippen LogP contribution in [0.5, 0.6) is 0 Å². The fourth-order valence-electron chi connectivity index (χ4n) is 6.82. The first-order valence-corrected chi connectivity index (χ1v) is 31.8. The molecule has 1 aliphatic rings. The van der Waals surface area contributed by atoms with Gasteiger partial charge in [-0.25, -0.2) is 18.0 Å². The zero-order chi connectivity index (χ0) is 56.6. The van der Waals surface area contributed by atoms with Crippen molar-refractivity contribution < 1.29 is 65.6 Å². The van der Waals surface area contributed by atoms with Gasteiger partial charge in [-0.1, -0.05) is 180 Å². The van der Waals surface area contributed by atoms with Crippen molar-refractivity contribution in [2.45, 2.75) is 159 Å². The number of benzene rings is 2. The molecule has 424 valence electrons. The van der Waals surface area contributed by atoms with E-state index in [2.05, 4.69) is 11.3 Å². The standard InChI is InChI=1S/C28H40O6S3.C21H28O6S.C6H10O2S3/c1-4-36-28(35)37-23(3)26(30)32-18-12-7-5-6-8-13-19-33-27(31)25(17-16-22(2)34-21-29)20-24-14-10-9-11-15-24;1-16-19(18-12-8-7-9-13-18)28(24,25)17(2)21(23)27-15-11-6-4-3-5-10-14-26-20(16)22;1-3-10-6(9)11-5(2)8-4-7/h9-11,14-15,20-23H,4-8,12-13,16-19H2,1-3H3;7-9,12-13,17,19H,1,3-6,10-11,14-15H2,2H3;4-5H,3H2,1-2H3/b25-20+;;. The summed E-state index contributed by atoms with van der Waals surface area (Å²) in [4.78, 5) is 69.9. The van der Waals surface area contributed by atoms with E-state index in [-0.39, 0.29) is 47.5 Å². The van der Waals surface area contributed by atoms with Gasteiger partial charge in [0.05, 0.1) is 38.1 Å². The minimum absolute atomic E-state index is 0.168. The van der Waals surface area contributed by atoms with Gasteiger partial charge in [0.1, 0.15) is 23.0 Å². The lowest BCUT2D eigenvalue weighted by Gasteiger charge is -2.23. The molecule has 1 heterocycles. The van der Waals surface area contributed by atoms with Gasteiger partial charge < -0.3 is 28.4 Å². The summed E-state index contributed by atoms with van der Waals surface area (Å²) < 4.78 is 58.9. The van der Waals surface area contributed by atoms with Gasteiger partial charge in [0.15, 0.2) is 15.1 Å². The molecule has 14 nitrogen and oxygen atoms in total. The number of thioether (sulfide) groups is 4. The highest BCUT2D eigenvalue weighted by Crippen LogP contribution is 2.34. The van der Waals surface area contributed by atoms with Crippen molar-refractivity contribution in [2.75, 3.05) is 37.9 Å². The minimum atomic E-state index is -4.13. The number of ether oxygens (including phenoxy) is 6. The van der Waals surface area contributed by atoms with E-state index in [4.69, 9.17) is 48.1 Å². The van der Waals surface area contributed by atoms with Gasteiger partial charge in [-0.05, 0) is 94.9 Å². The zero-order valence-electron chi connectivity index (χ0n) is 44.8. The summed E-state index contributed by atoms with van der Waals surface area (Å²) in [7, 11) is -4.13. The van der Waals surface area contributed by atoms with E-state index in [1.54, 1.807) is 67.7 Å². The molecule has 1 aliphatic heterocycles. The Bertz CT molecular complexity index is 2190. The van der Waals surface area contributed by atoms with Crippen LogP contribution in [-0.2, 0) is 67.0 Å². The molecule has 76 heavy (non-hydrogen) atoms. The maximum Gasteiger partial charge on any atom is 0.335 e. The molecule has 3 rings (SSSR count). The van der Waals surface area contributed by atoms with Gasteiger partial charge in [-0.2, -0.15) is 0 Å². The molecule has 1 fully saturated rings. The number of esters is 4. The van der Waals surface area contributed by atoms with E-state index >= 15 is 0 Å². The number of carbonyl (C=O) groups is 6. The van der Waals surface area contributed by atoms with Gasteiger partial charge in [0.25, 0.3) is 12.9 Å². The Balaban J connectivity index is 0.000000649. The number of hydrogen-bond acceptors (Lipinski definition) is 20. The third-order valence-electron chi connectivity index (χ3n) is 11.0. The number of sulfone groups is 1. The Morgan fingerprint density at radius 2 is 1.25 bits per heavy atom. The van der Waals surface area contributed by atoms with E-state index in [1.165, 1.54) is 30.4 Å². The van der Waals surface area contributed by atoms with E-state index in [0.717, 1.165) is 88.3 Å². The topological polar surface area (TPSA) is 192 Å². The summed E-state index contributed by atoms with van der Waals surface area (Å²) in [5.74, 6) is -0.248. The van der Waals surface area contributed by atoms with Crippen LogP contribution in [0.2, 0.25) is 0 Å². The lowest BCUT2D eigenvalue weighted by Crippen LogP contribution is -2.35. The summed E-state index contributed by atoms with van der Waals surface area (Å²) in [5.41, 5.74) is 1.50. The van der Waals surface area contributed by atoms with Crippen molar-refractivity contribution in [1.82, 2.24) is 0 Å². The van der Waals surface area contributed by atoms with Crippen molar-refractivity contribution >= 4 is 131 Å². The molecule has 0 spiro atoms. The molecule has 0 amide bonds. The number of thiocarbonyl (C=S) groups is 2. The van der Waals surface area contributed by atoms with Crippen LogP contribution >= 0.6 is 71.5 Å². The monoisotopic (exact) mass is 1190 g/mol. The quantitative estimate of drug-likeness (QED) is 0.0183. The van der Waals surface area contributed by atoms with Crippen LogP contribution in [0.4, 0.5) is 0 Å². The van der Waals surface area contributed by atoms with Crippen LogP contribution in [0.3, 0.4) is 0 Å². The van der Waals surface area contributed by atoms with Crippen LogP contribution in [0, 0.1) is 0 Å². The van der Waals surface area contributed by atoms with Gasteiger partial charge >= 0.3 is 23.9 Å². The maximum atomic E-state index is 13.2. The highest BCUT2D eigenvalue weighted by molar-refractivity contribution is 8.47. The third-order valence-corrected chi connectivity index (χ3v) is 18.4. The van der Waals surface area contributed by atoms with Crippen molar-refractivity contribution in [3.63, 3.8) is 0 Å². The summed E-state index contributed by atoms with van der Waals surface area (Å²) in [5, 5.41) is -3.06. The van der Waals surface area contributed by atoms with Gasteiger partial charge in [-0.3, -0.25) is 19.2 Å². The molecule has 1 saturated heterocycles. The second-order valence-corrected chi connectivity index (χ2v) is 27.0. The fraction of sp³-hybridized carbons (Fsp3) is 0.564. The highest BCUT2D eigenvalue weighted by Gasteiger charge is 2.41. The number of hydrogen-bond donors (Lipinski definition) is 0. The number of cyclic esters (lactones) is 2. The molecule has 0 saturated carbocycles. The molecule has 2 aromatic carbocycles. The van der Waals surface area contributed by atoms with Gasteiger partial charge in [-0.15, -0.1) is 23.5 Å². The Morgan fingerprint density at radius 1 is 0.737 bits per heavy atom. The smallest absolute Gasteiger partial charge is 0.335 e. The zero-order valence-corrected chi connectivity index (χ0v) is 50.5. The van der Waals surface area contributed by atoms with Crippen molar-refractivity contribution in [3.05, 3.63) is 89.5 Å². The Hall–Kier alpha value is -3.73. The highest BCUT2D eigenvalue weighted by atomic mass is 32.2. The molecule has 0 aromatic heterocycles. The lowest BCUT2D eigenvalue weighted by molar-refractivity contribution is -0.143. The van der Waals surface area contributed by atoms with Crippen LogP contribution in [0.15, 0.2) is 78.4 Å². The molecular weight excluding hydrogens is 1110 g/mol. The second kappa shape index (κ2) is 43.2. The van der Waals surface area contributed by atoms with Crippen molar-refractivity contribution in [1.29, 1.82) is 0 Å². The molecule has 5 atom stereocenters. The average molecular weight is 1190 g/mol. The van der Waals surface area contributed by atoms with Crippen LogP contribution in [0.25, 0.3) is 6.08 Å². The molecule has 5 unspecified atom stereocenters. The summed E-state index contributed by atoms with van der Waals surface area (Å²) in [6.07, 6.45) is 13.5. The molecule has 0 radical (unpaired) electrons.